The van der Waals surface area contributed by atoms with Gasteiger partial charge in [0.05, 0.1) is 11.4 Å². The number of piperidine rings is 3. The number of aryl methyl sites for hydroxylation is 1. The van der Waals surface area contributed by atoms with Gasteiger partial charge in [-0.2, -0.15) is 5.10 Å². The van der Waals surface area contributed by atoms with E-state index in [-0.39, 0.29) is 17.5 Å². The molecule has 3 fully saturated rings. The van der Waals surface area contributed by atoms with Crippen LogP contribution in [0.1, 0.15) is 49.0 Å². The van der Waals surface area contributed by atoms with Gasteiger partial charge in [0.25, 0.3) is 11.5 Å². The van der Waals surface area contributed by atoms with Crippen molar-refractivity contribution < 1.29 is 4.79 Å². The second-order valence-electron chi connectivity index (χ2n) is 9.83. The number of hydrogen-bond acceptors (Lipinski definition) is 4. The molecule has 6 rings (SSSR count). The Morgan fingerprint density at radius 1 is 1.10 bits per heavy atom. The number of likely N-dealkylation sites (tertiary alicyclic amines) is 1. The Labute approximate surface area is 182 Å². The van der Waals surface area contributed by atoms with E-state index >= 15 is 0 Å². The average molecular weight is 419 g/mol. The molecule has 0 unspecified atom stereocenters. The zero-order valence-electron chi connectivity index (χ0n) is 18.2. The molecule has 4 atom stereocenters. The minimum Gasteiger partial charge on any atom is -0.330 e. The fourth-order valence-electron chi connectivity index (χ4n) is 6.79. The zero-order chi connectivity index (χ0) is 21.1. The van der Waals surface area contributed by atoms with Crippen LogP contribution in [0.25, 0.3) is 10.8 Å². The van der Waals surface area contributed by atoms with Gasteiger partial charge in [-0.25, -0.2) is 4.68 Å². The molecule has 4 aliphatic rings. The standard InChI is InChI=1S/C25H30N4O2/c1-27-24(30)20-9-3-2-8-19(20)22(26-27)25(31)29-12-6-7-16-13-17-14-18(23(16)29)15-28-11-5-4-10-21(17)28/h2-3,8-9,13,17-18,21,23H,4-7,10-12,14-15H2,1H3/t17-,18-,21+,23+/m0/s1. The van der Waals surface area contributed by atoms with Crippen molar-refractivity contribution >= 4 is 16.7 Å². The Kier molecular flexibility index (Phi) is 4.53. The average Bonchev–Trinajstić information content (AvgIpc) is 2.81. The molecule has 1 amide bonds. The molecule has 31 heavy (non-hydrogen) atoms. The quantitative estimate of drug-likeness (QED) is 0.668. The highest BCUT2D eigenvalue weighted by atomic mass is 16.2. The molecule has 0 spiro atoms. The summed E-state index contributed by atoms with van der Waals surface area (Å²) in [6.45, 7) is 3.08. The number of nitrogens with zero attached hydrogens (tertiary/aromatic N) is 4. The predicted molar refractivity (Wildman–Crippen MR) is 120 cm³/mol. The summed E-state index contributed by atoms with van der Waals surface area (Å²) in [7, 11) is 1.63. The minimum atomic E-state index is -0.157. The van der Waals surface area contributed by atoms with E-state index in [0.29, 0.717) is 34.3 Å². The molecule has 3 aliphatic heterocycles. The first-order valence-corrected chi connectivity index (χ1v) is 11.8. The SMILES string of the molecule is Cn1nc(C(=O)N2CCCC3=C[C@H]4C[C@@H](CN5CCCC[C@H]45)[C@@H]32)c2ccccc2c1=O. The number of amides is 1. The second kappa shape index (κ2) is 7.30. The molecule has 2 aromatic rings. The van der Waals surface area contributed by atoms with Crippen molar-refractivity contribution in [2.45, 2.75) is 50.6 Å². The fourth-order valence-corrected chi connectivity index (χ4v) is 6.79. The number of carbonyl (C=O) groups is 1. The van der Waals surface area contributed by atoms with E-state index in [9.17, 15) is 9.59 Å². The van der Waals surface area contributed by atoms with Gasteiger partial charge in [-0.15, -0.1) is 0 Å². The van der Waals surface area contributed by atoms with Crippen LogP contribution in [0, 0.1) is 11.8 Å². The molecule has 162 valence electrons. The van der Waals surface area contributed by atoms with E-state index in [1.807, 2.05) is 18.2 Å². The number of benzene rings is 1. The third-order valence-corrected chi connectivity index (χ3v) is 8.08. The highest BCUT2D eigenvalue weighted by molar-refractivity contribution is 6.05. The van der Waals surface area contributed by atoms with Gasteiger partial charge in [0, 0.05) is 31.6 Å². The first-order valence-electron chi connectivity index (χ1n) is 11.8. The maximum atomic E-state index is 13.9. The molecule has 4 heterocycles. The van der Waals surface area contributed by atoms with E-state index in [4.69, 9.17) is 0 Å². The third-order valence-electron chi connectivity index (χ3n) is 8.08. The first-order chi connectivity index (χ1) is 15.1. The molecule has 6 heteroatoms. The lowest BCUT2D eigenvalue weighted by Gasteiger charge is -2.54. The van der Waals surface area contributed by atoms with Crippen molar-refractivity contribution in [3.63, 3.8) is 0 Å². The van der Waals surface area contributed by atoms with Gasteiger partial charge in [0.15, 0.2) is 5.69 Å². The Balaban J connectivity index is 1.40. The van der Waals surface area contributed by atoms with Crippen molar-refractivity contribution in [1.29, 1.82) is 0 Å². The normalized spacial score (nSPS) is 30.5. The van der Waals surface area contributed by atoms with Crippen LogP contribution >= 0.6 is 0 Å². The summed E-state index contributed by atoms with van der Waals surface area (Å²) >= 11 is 0. The van der Waals surface area contributed by atoms with Crippen LogP contribution in [0.3, 0.4) is 0 Å². The summed E-state index contributed by atoms with van der Waals surface area (Å²) < 4.78 is 1.31. The van der Waals surface area contributed by atoms with E-state index in [0.717, 1.165) is 25.9 Å². The summed E-state index contributed by atoms with van der Waals surface area (Å²) in [6, 6.07) is 8.26. The van der Waals surface area contributed by atoms with Crippen LogP contribution in [0.5, 0.6) is 0 Å². The van der Waals surface area contributed by atoms with E-state index in [1.54, 1.807) is 13.1 Å². The number of carbonyl (C=O) groups excluding carboxylic acids is 1. The summed E-state index contributed by atoms with van der Waals surface area (Å²) in [4.78, 5) is 31.2. The largest absolute Gasteiger partial charge is 0.330 e. The summed E-state index contributed by atoms with van der Waals surface area (Å²) in [6.07, 6.45) is 9.82. The van der Waals surface area contributed by atoms with E-state index in [2.05, 4.69) is 21.0 Å². The van der Waals surface area contributed by atoms with Gasteiger partial charge in [-0.3, -0.25) is 14.5 Å². The zero-order valence-corrected chi connectivity index (χ0v) is 18.2. The van der Waals surface area contributed by atoms with Crippen molar-refractivity contribution in [1.82, 2.24) is 19.6 Å². The monoisotopic (exact) mass is 418 g/mol. The van der Waals surface area contributed by atoms with Crippen LogP contribution < -0.4 is 5.56 Å². The van der Waals surface area contributed by atoms with Crippen LogP contribution in [0.2, 0.25) is 0 Å². The van der Waals surface area contributed by atoms with Crippen molar-refractivity contribution in [3.05, 3.63) is 52.0 Å². The molecule has 0 N–H and O–H groups in total. The van der Waals surface area contributed by atoms with Crippen molar-refractivity contribution in [2.75, 3.05) is 19.6 Å². The van der Waals surface area contributed by atoms with Gasteiger partial charge >= 0.3 is 0 Å². The van der Waals surface area contributed by atoms with Gasteiger partial charge in [0.1, 0.15) is 0 Å². The highest BCUT2D eigenvalue weighted by Crippen LogP contribution is 2.45. The molecule has 0 radical (unpaired) electrons. The summed E-state index contributed by atoms with van der Waals surface area (Å²) in [5, 5.41) is 5.67. The van der Waals surface area contributed by atoms with Crippen LogP contribution in [0.15, 0.2) is 40.7 Å². The molecule has 1 aromatic heterocycles. The molecule has 1 aliphatic carbocycles. The number of rotatable bonds is 1. The van der Waals surface area contributed by atoms with Crippen molar-refractivity contribution in [2.24, 2.45) is 18.9 Å². The maximum absolute atomic E-state index is 13.9. The predicted octanol–water partition coefficient (Wildman–Crippen LogP) is 2.97. The van der Waals surface area contributed by atoms with Gasteiger partial charge in [-0.05, 0) is 56.6 Å². The van der Waals surface area contributed by atoms with Crippen LogP contribution in [0.4, 0.5) is 0 Å². The van der Waals surface area contributed by atoms with Gasteiger partial charge in [0.2, 0.25) is 0 Å². The molecule has 1 aromatic carbocycles. The Hall–Kier alpha value is -2.47. The molecule has 0 saturated carbocycles. The van der Waals surface area contributed by atoms with Crippen LogP contribution in [-0.4, -0.2) is 57.2 Å². The lowest BCUT2D eigenvalue weighted by atomic mass is 9.68. The Morgan fingerprint density at radius 3 is 2.81 bits per heavy atom. The molecule has 3 saturated heterocycles. The van der Waals surface area contributed by atoms with Crippen molar-refractivity contribution in [3.8, 4) is 0 Å². The van der Waals surface area contributed by atoms with Gasteiger partial charge < -0.3 is 4.90 Å². The Morgan fingerprint density at radius 2 is 1.94 bits per heavy atom. The van der Waals surface area contributed by atoms with E-state index < -0.39 is 0 Å². The number of fused-ring (bicyclic) bond motifs is 7. The smallest absolute Gasteiger partial charge is 0.275 e. The van der Waals surface area contributed by atoms with E-state index in [1.165, 1.54) is 42.5 Å². The fraction of sp³-hybridized carbons (Fsp3) is 0.560. The first kappa shape index (κ1) is 19.2. The molecule has 2 bridgehead atoms. The molecular formula is C25H30N4O2. The Bertz CT molecular complexity index is 1140. The highest BCUT2D eigenvalue weighted by Gasteiger charge is 2.47. The lowest BCUT2D eigenvalue weighted by molar-refractivity contribution is 0.00131. The lowest BCUT2D eigenvalue weighted by Crippen LogP contribution is -2.60. The maximum Gasteiger partial charge on any atom is 0.275 e. The molecule has 6 nitrogen and oxygen atoms in total. The summed E-state index contributed by atoms with van der Waals surface area (Å²) in [5.74, 6) is 1.13. The topological polar surface area (TPSA) is 58.4 Å². The molecular weight excluding hydrogens is 388 g/mol. The van der Waals surface area contributed by atoms with Gasteiger partial charge in [-0.1, -0.05) is 36.3 Å². The second-order valence-corrected chi connectivity index (χ2v) is 9.83. The van der Waals surface area contributed by atoms with Crippen LogP contribution in [-0.2, 0) is 7.05 Å². The third kappa shape index (κ3) is 2.99. The number of aromatic nitrogens is 2. The number of hydrogen-bond donors (Lipinski definition) is 0. The minimum absolute atomic E-state index is 0.0263. The summed E-state index contributed by atoms with van der Waals surface area (Å²) in [5.41, 5.74) is 1.73.